The highest BCUT2D eigenvalue weighted by Crippen LogP contribution is 2.29. The molecule has 1 aliphatic carbocycles. The van der Waals surface area contributed by atoms with E-state index in [2.05, 4.69) is 5.10 Å². The minimum atomic E-state index is -0.241. The van der Waals surface area contributed by atoms with Crippen molar-refractivity contribution in [2.75, 3.05) is 5.73 Å². The molecule has 18 heavy (non-hydrogen) atoms. The Bertz CT molecular complexity index is 601. The molecule has 0 aliphatic heterocycles. The number of anilines is 1. The molecule has 3 nitrogen and oxygen atoms in total. The van der Waals surface area contributed by atoms with Crippen molar-refractivity contribution in [1.82, 2.24) is 9.78 Å². The summed E-state index contributed by atoms with van der Waals surface area (Å²) in [6.45, 7) is 1.96. The third kappa shape index (κ3) is 1.68. The number of nitrogen functional groups attached to an aromatic ring is 1. The zero-order valence-corrected chi connectivity index (χ0v) is 10.4. The van der Waals surface area contributed by atoms with Crippen molar-refractivity contribution in [2.24, 2.45) is 0 Å². The first-order valence-electron chi connectivity index (χ1n) is 6.29. The minimum Gasteiger partial charge on any atom is -0.382 e. The molecule has 1 heterocycles. The first-order chi connectivity index (χ1) is 8.66. The van der Waals surface area contributed by atoms with E-state index in [4.69, 9.17) is 5.73 Å². The normalized spacial score (nSPS) is 14.6. The van der Waals surface area contributed by atoms with Crippen LogP contribution in [0.25, 0.3) is 5.69 Å². The lowest BCUT2D eigenvalue weighted by molar-refractivity contribution is 0.620. The smallest absolute Gasteiger partial charge is 0.149 e. The fraction of sp³-hybridized carbons (Fsp3) is 0.357. The number of aromatic nitrogens is 2. The van der Waals surface area contributed by atoms with Crippen LogP contribution in [0.2, 0.25) is 0 Å². The standard InChI is InChI=1S/C14H16FN3/c1-9-6-7-10(15)8-13(9)18-12-5-3-2-4-11(12)14(16)17-18/h6-8H,2-5H2,1H3,(H2,16,17). The third-order valence-electron chi connectivity index (χ3n) is 3.61. The van der Waals surface area contributed by atoms with Gasteiger partial charge in [-0.15, -0.1) is 0 Å². The van der Waals surface area contributed by atoms with E-state index in [1.54, 1.807) is 6.07 Å². The van der Waals surface area contributed by atoms with Crippen molar-refractivity contribution in [2.45, 2.75) is 32.6 Å². The van der Waals surface area contributed by atoms with Crippen molar-refractivity contribution in [3.63, 3.8) is 0 Å². The third-order valence-corrected chi connectivity index (χ3v) is 3.61. The topological polar surface area (TPSA) is 43.8 Å². The molecule has 0 unspecified atom stereocenters. The Labute approximate surface area is 105 Å². The molecule has 0 saturated heterocycles. The number of rotatable bonds is 1. The molecule has 0 amide bonds. The van der Waals surface area contributed by atoms with Crippen LogP contribution >= 0.6 is 0 Å². The fourth-order valence-corrected chi connectivity index (χ4v) is 2.64. The molecule has 2 aromatic rings. The lowest BCUT2D eigenvalue weighted by Gasteiger charge is -2.15. The van der Waals surface area contributed by atoms with Crippen LogP contribution in [0.1, 0.15) is 29.7 Å². The van der Waals surface area contributed by atoms with Gasteiger partial charge in [0.25, 0.3) is 0 Å². The SMILES string of the molecule is Cc1ccc(F)cc1-n1nc(N)c2c1CCCC2. The largest absolute Gasteiger partial charge is 0.382 e. The van der Waals surface area contributed by atoms with Gasteiger partial charge >= 0.3 is 0 Å². The highest BCUT2D eigenvalue weighted by Gasteiger charge is 2.20. The zero-order chi connectivity index (χ0) is 12.7. The molecule has 4 heteroatoms. The zero-order valence-electron chi connectivity index (χ0n) is 10.4. The molecule has 0 bridgehead atoms. The van der Waals surface area contributed by atoms with E-state index in [0.717, 1.165) is 48.2 Å². The van der Waals surface area contributed by atoms with Crippen LogP contribution in [-0.4, -0.2) is 9.78 Å². The van der Waals surface area contributed by atoms with Gasteiger partial charge in [-0.3, -0.25) is 0 Å². The monoisotopic (exact) mass is 245 g/mol. The molecule has 2 N–H and O–H groups in total. The summed E-state index contributed by atoms with van der Waals surface area (Å²) in [5.41, 5.74) is 10.1. The van der Waals surface area contributed by atoms with Gasteiger partial charge in [-0.05, 0) is 50.3 Å². The number of nitrogens with zero attached hydrogens (tertiary/aromatic N) is 2. The second-order valence-corrected chi connectivity index (χ2v) is 4.86. The Hall–Kier alpha value is -1.84. The van der Waals surface area contributed by atoms with Crippen molar-refractivity contribution < 1.29 is 4.39 Å². The van der Waals surface area contributed by atoms with E-state index in [9.17, 15) is 4.39 Å². The molecule has 0 spiro atoms. The van der Waals surface area contributed by atoms with E-state index in [-0.39, 0.29) is 5.82 Å². The maximum absolute atomic E-state index is 13.4. The quantitative estimate of drug-likeness (QED) is 0.839. The molecular formula is C14H16FN3. The fourth-order valence-electron chi connectivity index (χ4n) is 2.64. The first kappa shape index (κ1) is 11.3. The molecule has 3 rings (SSSR count). The molecule has 0 saturated carbocycles. The number of hydrogen-bond acceptors (Lipinski definition) is 2. The van der Waals surface area contributed by atoms with Crippen molar-refractivity contribution in [1.29, 1.82) is 0 Å². The Balaban J connectivity index is 2.20. The van der Waals surface area contributed by atoms with Gasteiger partial charge in [0.1, 0.15) is 11.6 Å². The minimum absolute atomic E-state index is 0.241. The first-order valence-corrected chi connectivity index (χ1v) is 6.29. The maximum atomic E-state index is 13.4. The Kier molecular flexibility index (Phi) is 2.58. The number of hydrogen-bond donors (Lipinski definition) is 1. The van der Waals surface area contributed by atoms with E-state index in [0.29, 0.717) is 5.82 Å². The van der Waals surface area contributed by atoms with Crippen molar-refractivity contribution in [3.8, 4) is 5.69 Å². The van der Waals surface area contributed by atoms with Crippen molar-refractivity contribution in [3.05, 3.63) is 40.8 Å². The maximum Gasteiger partial charge on any atom is 0.149 e. The molecule has 1 aliphatic rings. The van der Waals surface area contributed by atoms with E-state index >= 15 is 0 Å². The second kappa shape index (κ2) is 4.12. The van der Waals surface area contributed by atoms with Crippen LogP contribution < -0.4 is 5.73 Å². The van der Waals surface area contributed by atoms with Gasteiger partial charge in [-0.25, -0.2) is 9.07 Å². The highest BCUT2D eigenvalue weighted by molar-refractivity contribution is 5.50. The van der Waals surface area contributed by atoms with Crippen molar-refractivity contribution >= 4 is 5.82 Å². The molecular weight excluding hydrogens is 229 g/mol. The van der Waals surface area contributed by atoms with Crippen LogP contribution in [0.15, 0.2) is 18.2 Å². The lowest BCUT2D eigenvalue weighted by atomic mass is 9.97. The summed E-state index contributed by atoms with van der Waals surface area (Å²) in [4.78, 5) is 0. The molecule has 1 aromatic heterocycles. The van der Waals surface area contributed by atoms with E-state index in [1.807, 2.05) is 11.6 Å². The van der Waals surface area contributed by atoms with Crippen LogP contribution in [0.3, 0.4) is 0 Å². The van der Waals surface area contributed by atoms with Crippen LogP contribution in [0, 0.1) is 12.7 Å². The van der Waals surface area contributed by atoms with E-state index in [1.165, 1.54) is 12.1 Å². The Morgan fingerprint density at radius 2 is 2.06 bits per heavy atom. The summed E-state index contributed by atoms with van der Waals surface area (Å²) in [7, 11) is 0. The number of aryl methyl sites for hydroxylation is 1. The van der Waals surface area contributed by atoms with Crippen LogP contribution in [0.4, 0.5) is 10.2 Å². The molecule has 0 atom stereocenters. The number of benzene rings is 1. The predicted octanol–water partition coefficient (Wildman–Crippen LogP) is 2.78. The Morgan fingerprint density at radius 1 is 1.28 bits per heavy atom. The van der Waals surface area contributed by atoms with Gasteiger partial charge in [0.05, 0.1) is 5.69 Å². The summed E-state index contributed by atoms with van der Waals surface area (Å²) in [5, 5.41) is 4.39. The molecule has 1 aromatic carbocycles. The summed E-state index contributed by atoms with van der Waals surface area (Å²) in [6.07, 6.45) is 4.25. The summed E-state index contributed by atoms with van der Waals surface area (Å²) in [5.74, 6) is 0.350. The van der Waals surface area contributed by atoms with Gasteiger partial charge in [-0.1, -0.05) is 6.07 Å². The van der Waals surface area contributed by atoms with Crippen LogP contribution in [-0.2, 0) is 12.8 Å². The molecule has 0 fully saturated rings. The van der Waals surface area contributed by atoms with Gasteiger partial charge in [0.15, 0.2) is 0 Å². The lowest BCUT2D eigenvalue weighted by Crippen LogP contribution is -2.09. The summed E-state index contributed by atoms with van der Waals surface area (Å²) < 4.78 is 15.2. The van der Waals surface area contributed by atoms with Gasteiger partial charge in [0, 0.05) is 11.3 Å². The summed E-state index contributed by atoms with van der Waals surface area (Å²) >= 11 is 0. The number of nitrogens with two attached hydrogens (primary N) is 1. The van der Waals surface area contributed by atoms with E-state index < -0.39 is 0 Å². The van der Waals surface area contributed by atoms with Crippen LogP contribution in [0.5, 0.6) is 0 Å². The average molecular weight is 245 g/mol. The Morgan fingerprint density at radius 3 is 2.89 bits per heavy atom. The predicted molar refractivity (Wildman–Crippen MR) is 69.3 cm³/mol. The van der Waals surface area contributed by atoms with Gasteiger partial charge < -0.3 is 5.73 Å². The number of halogens is 1. The second-order valence-electron chi connectivity index (χ2n) is 4.86. The highest BCUT2D eigenvalue weighted by atomic mass is 19.1. The van der Waals surface area contributed by atoms with Gasteiger partial charge in [-0.2, -0.15) is 5.10 Å². The number of fused-ring (bicyclic) bond motifs is 1. The molecule has 94 valence electrons. The van der Waals surface area contributed by atoms with Gasteiger partial charge in [0.2, 0.25) is 0 Å². The summed E-state index contributed by atoms with van der Waals surface area (Å²) in [6, 6.07) is 4.77. The molecule has 0 radical (unpaired) electrons. The average Bonchev–Trinajstić information content (AvgIpc) is 2.71.